The van der Waals surface area contributed by atoms with Gasteiger partial charge in [0.15, 0.2) is 5.96 Å². The van der Waals surface area contributed by atoms with Gasteiger partial charge in [0.05, 0.1) is 0 Å². The van der Waals surface area contributed by atoms with Gasteiger partial charge in [-0.1, -0.05) is 42.5 Å². The first-order valence-corrected chi connectivity index (χ1v) is 9.52. The molecule has 0 spiro atoms. The van der Waals surface area contributed by atoms with E-state index in [1.165, 1.54) is 11.1 Å². The van der Waals surface area contributed by atoms with E-state index >= 15 is 0 Å². The van der Waals surface area contributed by atoms with Crippen molar-refractivity contribution in [1.29, 1.82) is 0 Å². The highest BCUT2D eigenvalue weighted by atomic mass is 16.5. The second kappa shape index (κ2) is 12.0. The Morgan fingerprint density at radius 3 is 2.52 bits per heavy atom. The molecular formula is C22H32N4O. The highest BCUT2D eigenvalue weighted by molar-refractivity contribution is 5.79. The molecule has 2 aromatic carbocycles. The molecule has 2 rings (SSSR count). The van der Waals surface area contributed by atoms with Crippen LogP contribution in [0.15, 0.2) is 59.6 Å². The minimum atomic E-state index is 0.689. The summed E-state index contributed by atoms with van der Waals surface area (Å²) in [6.45, 7) is 3.20. The third-order valence-electron chi connectivity index (χ3n) is 4.17. The second-order valence-electron chi connectivity index (χ2n) is 6.74. The number of benzene rings is 2. The number of rotatable bonds is 10. The van der Waals surface area contributed by atoms with E-state index in [-0.39, 0.29) is 0 Å². The molecule has 0 aliphatic heterocycles. The molecule has 5 nitrogen and oxygen atoms in total. The fourth-order valence-corrected chi connectivity index (χ4v) is 2.64. The maximum Gasteiger partial charge on any atom is 0.191 e. The van der Waals surface area contributed by atoms with Crippen LogP contribution >= 0.6 is 0 Å². The van der Waals surface area contributed by atoms with Gasteiger partial charge >= 0.3 is 0 Å². The van der Waals surface area contributed by atoms with Gasteiger partial charge in [-0.25, -0.2) is 0 Å². The van der Waals surface area contributed by atoms with Crippen molar-refractivity contribution < 1.29 is 4.74 Å². The molecule has 0 aliphatic carbocycles. The third kappa shape index (κ3) is 8.60. The summed E-state index contributed by atoms with van der Waals surface area (Å²) in [4.78, 5) is 6.41. The Bertz CT molecular complexity index is 686. The highest BCUT2D eigenvalue weighted by Crippen LogP contribution is 2.13. The molecule has 0 fully saturated rings. The van der Waals surface area contributed by atoms with Crippen LogP contribution in [0.25, 0.3) is 0 Å². The van der Waals surface area contributed by atoms with Crippen LogP contribution in [-0.4, -0.2) is 51.7 Å². The average Bonchev–Trinajstić information content (AvgIpc) is 2.68. The topological polar surface area (TPSA) is 48.9 Å². The van der Waals surface area contributed by atoms with Gasteiger partial charge in [-0.3, -0.25) is 4.99 Å². The highest BCUT2D eigenvalue weighted by Gasteiger charge is 2.01. The van der Waals surface area contributed by atoms with Crippen LogP contribution in [0.3, 0.4) is 0 Å². The predicted molar refractivity (Wildman–Crippen MR) is 113 cm³/mol. The van der Waals surface area contributed by atoms with Crippen LogP contribution in [0.4, 0.5) is 0 Å². The van der Waals surface area contributed by atoms with Gasteiger partial charge in [-0.2, -0.15) is 0 Å². The first kappa shape index (κ1) is 20.8. The number of nitrogens with zero attached hydrogens (tertiary/aromatic N) is 2. The maximum atomic E-state index is 5.80. The molecule has 0 bridgehead atoms. The van der Waals surface area contributed by atoms with E-state index in [1.54, 1.807) is 7.05 Å². The molecule has 0 saturated heterocycles. The van der Waals surface area contributed by atoms with Gasteiger partial charge in [0, 0.05) is 26.7 Å². The third-order valence-corrected chi connectivity index (χ3v) is 4.17. The lowest BCUT2D eigenvalue weighted by atomic mass is 10.1. The summed E-state index contributed by atoms with van der Waals surface area (Å²) in [5.41, 5.74) is 2.54. The summed E-state index contributed by atoms with van der Waals surface area (Å²) >= 11 is 0. The van der Waals surface area contributed by atoms with E-state index in [2.05, 4.69) is 63.0 Å². The molecule has 0 aliphatic rings. The smallest absolute Gasteiger partial charge is 0.191 e. The Morgan fingerprint density at radius 2 is 1.78 bits per heavy atom. The van der Waals surface area contributed by atoms with Gasteiger partial charge in [0.2, 0.25) is 0 Å². The first-order chi connectivity index (χ1) is 13.2. The molecular weight excluding hydrogens is 336 g/mol. The van der Waals surface area contributed by atoms with Crippen LogP contribution in [-0.2, 0) is 13.0 Å². The number of aryl methyl sites for hydroxylation is 1. The maximum absolute atomic E-state index is 5.80. The van der Waals surface area contributed by atoms with Crippen molar-refractivity contribution in [3.05, 3.63) is 65.7 Å². The van der Waals surface area contributed by atoms with E-state index in [0.29, 0.717) is 13.2 Å². The summed E-state index contributed by atoms with van der Waals surface area (Å²) in [7, 11) is 5.89. The molecule has 5 heteroatoms. The Morgan fingerprint density at radius 1 is 1.00 bits per heavy atom. The molecule has 2 aromatic rings. The summed E-state index contributed by atoms with van der Waals surface area (Å²) in [6.07, 6.45) is 2.14. The van der Waals surface area contributed by atoms with Crippen molar-refractivity contribution in [2.24, 2.45) is 4.99 Å². The molecule has 27 heavy (non-hydrogen) atoms. The summed E-state index contributed by atoms with van der Waals surface area (Å²) in [6, 6.07) is 18.7. The molecule has 0 radical (unpaired) electrons. The summed E-state index contributed by atoms with van der Waals surface area (Å²) in [5.74, 6) is 1.73. The van der Waals surface area contributed by atoms with Gasteiger partial charge < -0.3 is 20.3 Å². The van der Waals surface area contributed by atoms with E-state index < -0.39 is 0 Å². The quantitative estimate of drug-likeness (QED) is 0.385. The largest absolute Gasteiger partial charge is 0.492 e. The van der Waals surface area contributed by atoms with E-state index in [9.17, 15) is 0 Å². The molecule has 0 saturated carbocycles. The van der Waals surface area contributed by atoms with Crippen LogP contribution in [0.2, 0.25) is 0 Å². The first-order valence-electron chi connectivity index (χ1n) is 9.52. The Kier molecular flexibility index (Phi) is 9.21. The zero-order chi connectivity index (χ0) is 19.3. The van der Waals surface area contributed by atoms with Crippen molar-refractivity contribution in [3.63, 3.8) is 0 Å². The van der Waals surface area contributed by atoms with E-state index in [1.807, 2.05) is 26.2 Å². The zero-order valence-electron chi connectivity index (χ0n) is 16.7. The molecule has 0 heterocycles. The summed E-state index contributed by atoms with van der Waals surface area (Å²) < 4.78 is 5.80. The number of aliphatic imine (C=N–C) groups is 1. The number of nitrogens with one attached hydrogen (secondary N) is 2. The van der Waals surface area contributed by atoms with Crippen LogP contribution < -0.4 is 15.4 Å². The molecule has 0 amide bonds. The van der Waals surface area contributed by atoms with Crippen molar-refractivity contribution >= 4 is 5.96 Å². The van der Waals surface area contributed by atoms with Crippen molar-refractivity contribution in [2.45, 2.75) is 19.4 Å². The van der Waals surface area contributed by atoms with Crippen molar-refractivity contribution in [1.82, 2.24) is 15.5 Å². The Balaban J connectivity index is 1.70. The molecule has 0 atom stereocenters. The lowest BCUT2D eigenvalue weighted by Gasteiger charge is -2.14. The second-order valence-corrected chi connectivity index (χ2v) is 6.74. The average molecular weight is 369 g/mol. The van der Waals surface area contributed by atoms with Crippen LogP contribution in [0, 0.1) is 0 Å². The summed E-state index contributed by atoms with van der Waals surface area (Å²) in [5, 5.41) is 6.73. The fraction of sp³-hybridized carbons (Fsp3) is 0.409. The van der Waals surface area contributed by atoms with E-state index in [4.69, 9.17) is 4.74 Å². The molecule has 146 valence electrons. The van der Waals surface area contributed by atoms with Gasteiger partial charge in [0.1, 0.15) is 12.4 Å². The standard InChI is InChI=1S/C22H32N4O/c1-23-22(24-14-8-12-19-9-5-4-6-10-19)25-18-20-11-7-13-21(17-20)27-16-15-26(2)3/h4-7,9-11,13,17H,8,12,14-16,18H2,1-3H3,(H2,23,24,25). The predicted octanol–water partition coefficient (Wildman–Crippen LogP) is 2.92. The minimum Gasteiger partial charge on any atom is -0.492 e. The number of hydrogen-bond acceptors (Lipinski definition) is 3. The fourth-order valence-electron chi connectivity index (χ4n) is 2.64. The number of likely N-dealkylation sites (N-methyl/N-ethyl adjacent to an activating group) is 1. The van der Waals surface area contributed by atoms with Crippen molar-refractivity contribution in [3.8, 4) is 5.75 Å². The molecule has 2 N–H and O–H groups in total. The van der Waals surface area contributed by atoms with Gasteiger partial charge in [-0.15, -0.1) is 0 Å². The molecule has 0 aromatic heterocycles. The molecule has 0 unspecified atom stereocenters. The van der Waals surface area contributed by atoms with Crippen LogP contribution in [0.5, 0.6) is 5.75 Å². The van der Waals surface area contributed by atoms with Gasteiger partial charge in [0.25, 0.3) is 0 Å². The number of guanidine groups is 1. The Labute approximate surface area is 163 Å². The zero-order valence-corrected chi connectivity index (χ0v) is 16.7. The van der Waals surface area contributed by atoms with Crippen molar-refractivity contribution in [2.75, 3.05) is 40.8 Å². The SMILES string of the molecule is CN=C(NCCCc1ccccc1)NCc1cccc(OCCN(C)C)c1. The van der Waals surface area contributed by atoms with Gasteiger partial charge in [-0.05, 0) is 50.2 Å². The number of ether oxygens (including phenoxy) is 1. The lowest BCUT2D eigenvalue weighted by Crippen LogP contribution is -2.37. The normalized spacial score (nSPS) is 11.5. The monoisotopic (exact) mass is 368 g/mol. The lowest BCUT2D eigenvalue weighted by molar-refractivity contribution is 0.261. The number of hydrogen-bond donors (Lipinski definition) is 2. The van der Waals surface area contributed by atoms with Crippen LogP contribution in [0.1, 0.15) is 17.5 Å². The van der Waals surface area contributed by atoms with E-state index in [0.717, 1.165) is 37.6 Å². The minimum absolute atomic E-state index is 0.689. The Hall–Kier alpha value is -2.53.